The van der Waals surface area contributed by atoms with Gasteiger partial charge in [-0.25, -0.2) is 9.97 Å². The second kappa shape index (κ2) is 5.62. The first-order chi connectivity index (χ1) is 8.69. The van der Waals surface area contributed by atoms with Crippen molar-refractivity contribution in [1.29, 1.82) is 0 Å². The molecule has 0 saturated carbocycles. The first-order valence-electron chi connectivity index (χ1n) is 6.24. The number of aryl methyl sites for hydroxylation is 3. The van der Waals surface area contributed by atoms with Crippen LogP contribution in [-0.4, -0.2) is 26.3 Å². The van der Waals surface area contributed by atoms with Gasteiger partial charge in [-0.15, -0.1) is 0 Å². The first kappa shape index (κ1) is 12.5. The van der Waals surface area contributed by atoms with E-state index in [2.05, 4.69) is 27.3 Å². The fourth-order valence-corrected chi connectivity index (χ4v) is 1.87. The SMILES string of the molecule is CCc1cc(NCCc2ccnn2C)nc(C)n1. The summed E-state index contributed by atoms with van der Waals surface area (Å²) in [6.45, 7) is 4.87. The van der Waals surface area contributed by atoms with Crippen LogP contribution in [0.1, 0.15) is 24.1 Å². The zero-order valence-electron chi connectivity index (χ0n) is 11.1. The molecule has 0 aliphatic carbocycles. The molecule has 96 valence electrons. The van der Waals surface area contributed by atoms with E-state index in [4.69, 9.17) is 0 Å². The summed E-state index contributed by atoms with van der Waals surface area (Å²) in [5.74, 6) is 1.72. The van der Waals surface area contributed by atoms with E-state index >= 15 is 0 Å². The van der Waals surface area contributed by atoms with Gasteiger partial charge >= 0.3 is 0 Å². The Hall–Kier alpha value is -1.91. The van der Waals surface area contributed by atoms with Crippen molar-refractivity contribution in [3.8, 4) is 0 Å². The quantitative estimate of drug-likeness (QED) is 0.871. The molecule has 0 aromatic carbocycles. The second-order valence-corrected chi connectivity index (χ2v) is 4.27. The van der Waals surface area contributed by atoms with E-state index in [-0.39, 0.29) is 0 Å². The molecule has 18 heavy (non-hydrogen) atoms. The highest BCUT2D eigenvalue weighted by Crippen LogP contribution is 2.07. The molecule has 2 rings (SSSR count). The molecule has 5 heteroatoms. The lowest BCUT2D eigenvalue weighted by atomic mass is 10.3. The average molecular weight is 245 g/mol. The lowest BCUT2D eigenvalue weighted by molar-refractivity contribution is 0.710. The maximum absolute atomic E-state index is 4.38. The third-order valence-corrected chi connectivity index (χ3v) is 2.86. The molecule has 0 bridgehead atoms. The Kier molecular flexibility index (Phi) is 3.92. The van der Waals surface area contributed by atoms with Crippen molar-refractivity contribution in [1.82, 2.24) is 19.7 Å². The zero-order chi connectivity index (χ0) is 13.0. The van der Waals surface area contributed by atoms with Crippen molar-refractivity contribution < 1.29 is 0 Å². The van der Waals surface area contributed by atoms with Crippen LogP contribution in [0.2, 0.25) is 0 Å². The van der Waals surface area contributed by atoms with Crippen LogP contribution in [0, 0.1) is 6.92 Å². The summed E-state index contributed by atoms with van der Waals surface area (Å²) in [6.07, 6.45) is 3.68. The molecule has 0 atom stereocenters. The molecule has 2 heterocycles. The van der Waals surface area contributed by atoms with E-state index in [1.165, 1.54) is 5.69 Å². The standard InChI is InChI=1S/C13H19N5/c1-4-11-9-13(17-10(2)16-11)14-7-5-12-6-8-15-18(12)3/h6,8-9H,4-5,7H2,1-3H3,(H,14,16,17). The molecule has 0 aliphatic heterocycles. The first-order valence-corrected chi connectivity index (χ1v) is 6.24. The van der Waals surface area contributed by atoms with E-state index in [9.17, 15) is 0 Å². The van der Waals surface area contributed by atoms with Crippen LogP contribution in [-0.2, 0) is 19.9 Å². The number of anilines is 1. The van der Waals surface area contributed by atoms with Gasteiger partial charge in [-0.3, -0.25) is 4.68 Å². The van der Waals surface area contributed by atoms with Gasteiger partial charge in [-0.2, -0.15) is 5.10 Å². The number of rotatable bonds is 5. The van der Waals surface area contributed by atoms with Crippen LogP contribution in [0.15, 0.2) is 18.3 Å². The van der Waals surface area contributed by atoms with Crippen LogP contribution in [0.25, 0.3) is 0 Å². The van der Waals surface area contributed by atoms with E-state index in [0.29, 0.717) is 0 Å². The highest BCUT2D eigenvalue weighted by atomic mass is 15.3. The van der Waals surface area contributed by atoms with Gasteiger partial charge in [0, 0.05) is 43.7 Å². The van der Waals surface area contributed by atoms with Crippen LogP contribution < -0.4 is 5.32 Å². The minimum absolute atomic E-state index is 0.817. The fraction of sp³-hybridized carbons (Fsp3) is 0.462. The molecule has 2 aromatic heterocycles. The predicted octanol–water partition coefficient (Wildman–Crippen LogP) is 1.74. The van der Waals surface area contributed by atoms with Crippen LogP contribution in [0.4, 0.5) is 5.82 Å². The van der Waals surface area contributed by atoms with E-state index in [1.54, 1.807) is 0 Å². The Labute approximate surface area is 107 Å². The zero-order valence-corrected chi connectivity index (χ0v) is 11.1. The minimum Gasteiger partial charge on any atom is -0.370 e. The largest absolute Gasteiger partial charge is 0.370 e. The Balaban J connectivity index is 1.94. The molecular weight excluding hydrogens is 226 g/mol. The van der Waals surface area contributed by atoms with Gasteiger partial charge in [-0.1, -0.05) is 6.92 Å². The van der Waals surface area contributed by atoms with E-state index < -0.39 is 0 Å². The van der Waals surface area contributed by atoms with Gasteiger partial charge in [0.25, 0.3) is 0 Å². The van der Waals surface area contributed by atoms with Gasteiger partial charge in [0.15, 0.2) is 0 Å². The van der Waals surface area contributed by atoms with Crippen molar-refractivity contribution in [3.05, 3.63) is 35.5 Å². The van der Waals surface area contributed by atoms with Crippen LogP contribution in [0.3, 0.4) is 0 Å². The molecular formula is C13H19N5. The van der Waals surface area contributed by atoms with Crippen LogP contribution >= 0.6 is 0 Å². The Bertz CT molecular complexity index is 518. The van der Waals surface area contributed by atoms with Crippen molar-refractivity contribution >= 4 is 5.82 Å². The number of hydrogen-bond donors (Lipinski definition) is 1. The molecule has 0 saturated heterocycles. The number of hydrogen-bond acceptors (Lipinski definition) is 4. The van der Waals surface area contributed by atoms with E-state index in [1.807, 2.05) is 37.0 Å². The molecule has 5 nitrogen and oxygen atoms in total. The molecule has 2 aromatic rings. The van der Waals surface area contributed by atoms with Crippen molar-refractivity contribution in [3.63, 3.8) is 0 Å². The third kappa shape index (κ3) is 3.06. The minimum atomic E-state index is 0.817. The third-order valence-electron chi connectivity index (χ3n) is 2.86. The van der Waals surface area contributed by atoms with E-state index in [0.717, 1.165) is 36.7 Å². The number of nitrogens with one attached hydrogen (secondary N) is 1. The van der Waals surface area contributed by atoms with Gasteiger partial charge < -0.3 is 5.32 Å². The molecule has 0 radical (unpaired) electrons. The Morgan fingerprint density at radius 3 is 2.83 bits per heavy atom. The highest BCUT2D eigenvalue weighted by molar-refractivity contribution is 5.36. The van der Waals surface area contributed by atoms with Crippen LogP contribution in [0.5, 0.6) is 0 Å². The summed E-state index contributed by atoms with van der Waals surface area (Å²) in [5.41, 5.74) is 2.29. The van der Waals surface area contributed by atoms with Crippen molar-refractivity contribution in [2.45, 2.75) is 26.7 Å². The topological polar surface area (TPSA) is 55.6 Å². The maximum Gasteiger partial charge on any atom is 0.129 e. The fourth-order valence-electron chi connectivity index (χ4n) is 1.87. The average Bonchev–Trinajstić information content (AvgIpc) is 2.74. The van der Waals surface area contributed by atoms with Gasteiger partial charge in [0.1, 0.15) is 11.6 Å². The maximum atomic E-state index is 4.38. The Morgan fingerprint density at radius 1 is 1.33 bits per heavy atom. The molecule has 1 N–H and O–H groups in total. The monoisotopic (exact) mass is 245 g/mol. The van der Waals surface area contributed by atoms with Gasteiger partial charge in [0.05, 0.1) is 0 Å². The van der Waals surface area contributed by atoms with Gasteiger partial charge in [0.2, 0.25) is 0 Å². The summed E-state index contributed by atoms with van der Waals surface area (Å²) in [7, 11) is 1.96. The Morgan fingerprint density at radius 2 is 2.17 bits per heavy atom. The molecule has 0 unspecified atom stereocenters. The predicted molar refractivity (Wildman–Crippen MR) is 71.5 cm³/mol. The molecule has 0 fully saturated rings. The van der Waals surface area contributed by atoms with Gasteiger partial charge in [-0.05, 0) is 19.4 Å². The smallest absolute Gasteiger partial charge is 0.129 e. The summed E-state index contributed by atoms with van der Waals surface area (Å²) in [4.78, 5) is 8.74. The normalized spacial score (nSPS) is 10.6. The number of aromatic nitrogens is 4. The summed E-state index contributed by atoms with van der Waals surface area (Å²) >= 11 is 0. The number of nitrogens with zero attached hydrogens (tertiary/aromatic N) is 4. The summed E-state index contributed by atoms with van der Waals surface area (Å²) < 4.78 is 1.89. The molecule has 0 spiro atoms. The summed E-state index contributed by atoms with van der Waals surface area (Å²) in [5, 5.41) is 7.48. The lowest BCUT2D eigenvalue weighted by Crippen LogP contribution is -2.10. The molecule has 0 aliphatic rings. The molecule has 0 amide bonds. The van der Waals surface area contributed by atoms with Crippen molar-refractivity contribution in [2.24, 2.45) is 7.05 Å². The highest BCUT2D eigenvalue weighted by Gasteiger charge is 2.01. The van der Waals surface area contributed by atoms with Crippen molar-refractivity contribution in [2.75, 3.05) is 11.9 Å². The summed E-state index contributed by atoms with van der Waals surface area (Å²) in [6, 6.07) is 4.04. The second-order valence-electron chi connectivity index (χ2n) is 4.27. The lowest BCUT2D eigenvalue weighted by Gasteiger charge is -2.08.